The summed E-state index contributed by atoms with van der Waals surface area (Å²) >= 11 is -0.895. The van der Waals surface area contributed by atoms with Crippen LogP contribution in [0.1, 0.15) is 6.30 Å². The zero-order chi connectivity index (χ0) is 14.9. The molecule has 0 bridgehead atoms. The van der Waals surface area contributed by atoms with Gasteiger partial charge in [0.2, 0.25) is 0 Å². The Morgan fingerprint density at radius 1 is 1.29 bits per heavy atom. The molecule has 1 heterocycles. The van der Waals surface area contributed by atoms with Crippen molar-refractivity contribution in [1.29, 1.82) is 0 Å². The van der Waals surface area contributed by atoms with Crippen LogP contribution < -0.4 is 34.3 Å². The van der Waals surface area contributed by atoms with Gasteiger partial charge in [0.1, 0.15) is 9.96 Å². The predicted octanol–water partition coefficient (Wildman–Crippen LogP) is 1.32. The molecule has 1 N–H and O–H groups in total. The summed E-state index contributed by atoms with van der Waals surface area (Å²) in [5, 5.41) is 0. The number of hydrogen-bond acceptors (Lipinski definition) is 3. The standard InChI is InChI=1S/C12H9F3O3S2.Na.H/c1-7-10(6-11(19-7)20(16)17)8-2-4-9(5-3-8)18-12(13,14)15;;/h2-6H,1H3,(H,16,17);;/q;+1;-1. The molecule has 110 valence electrons. The van der Waals surface area contributed by atoms with Crippen molar-refractivity contribution >= 4 is 22.4 Å². The van der Waals surface area contributed by atoms with Crippen LogP contribution in [-0.4, -0.2) is 15.1 Å². The number of alkyl halides is 3. The molecule has 3 nitrogen and oxygen atoms in total. The fourth-order valence-electron chi connectivity index (χ4n) is 1.66. The molecular weight excluding hydrogens is 336 g/mol. The maximum atomic E-state index is 12.0. The van der Waals surface area contributed by atoms with Crippen molar-refractivity contribution in [3.8, 4) is 16.9 Å². The summed E-state index contributed by atoms with van der Waals surface area (Å²) in [5.74, 6) is -0.305. The summed E-state index contributed by atoms with van der Waals surface area (Å²) in [4.78, 5) is 0.812. The third-order valence-corrected chi connectivity index (χ3v) is 4.45. The van der Waals surface area contributed by atoms with Crippen molar-refractivity contribution in [3.05, 3.63) is 35.2 Å². The molecule has 0 saturated heterocycles. The van der Waals surface area contributed by atoms with E-state index in [0.29, 0.717) is 15.3 Å². The van der Waals surface area contributed by atoms with Gasteiger partial charge in [-0.1, -0.05) is 12.1 Å². The van der Waals surface area contributed by atoms with Gasteiger partial charge in [-0.25, -0.2) is 4.21 Å². The van der Waals surface area contributed by atoms with E-state index in [2.05, 4.69) is 4.74 Å². The van der Waals surface area contributed by atoms with E-state index in [4.69, 9.17) is 4.55 Å². The maximum Gasteiger partial charge on any atom is 1.00 e. The summed E-state index contributed by atoms with van der Waals surface area (Å²) in [6.07, 6.45) is -4.72. The van der Waals surface area contributed by atoms with Crippen LogP contribution in [-0.2, 0) is 11.1 Å². The largest absolute Gasteiger partial charge is 1.00 e. The molecule has 0 radical (unpaired) electrons. The molecule has 0 saturated carbocycles. The van der Waals surface area contributed by atoms with Crippen molar-refractivity contribution < 1.29 is 57.7 Å². The number of rotatable bonds is 3. The van der Waals surface area contributed by atoms with Crippen molar-refractivity contribution in [1.82, 2.24) is 0 Å². The fraction of sp³-hybridized carbons (Fsp3) is 0.167. The molecule has 1 aromatic heterocycles. The van der Waals surface area contributed by atoms with Crippen LogP contribution in [0.2, 0.25) is 0 Å². The zero-order valence-corrected chi connectivity index (χ0v) is 14.7. The van der Waals surface area contributed by atoms with E-state index >= 15 is 0 Å². The van der Waals surface area contributed by atoms with E-state index in [1.54, 1.807) is 13.0 Å². The molecule has 2 rings (SSSR count). The topological polar surface area (TPSA) is 46.5 Å². The second-order valence-corrected chi connectivity index (χ2v) is 6.31. The summed E-state index contributed by atoms with van der Waals surface area (Å²) in [7, 11) is 0. The summed E-state index contributed by atoms with van der Waals surface area (Å²) < 4.78 is 60.2. The van der Waals surface area contributed by atoms with Gasteiger partial charge in [-0.3, -0.25) is 0 Å². The van der Waals surface area contributed by atoms with Gasteiger partial charge in [0.25, 0.3) is 0 Å². The molecule has 9 heteroatoms. The van der Waals surface area contributed by atoms with Gasteiger partial charge in [0.05, 0.1) is 0 Å². The van der Waals surface area contributed by atoms with Crippen LogP contribution in [0.4, 0.5) is 13.2 Å². The normalized spacial score (nSPS) is 12.6. The van der Waals surface area contributed by atoms with E-state index in [9.17, 15) is 17.4 Å². The SMILES string of the molecule is Cc1sc(S(=O)O)cc1-c1ccc(OC(F)(F)F)cc1.[H-].[Na+]. The molecule has 0 aliphatic carbocycles. The van der Waals surface area contributed by atoms with Crippen LogP contribution >= 0.6 is 11.3 Å². The molecule has 2 aromatic rings. The molecule has 0 amide bonds. The molecule has 1 unspecified atom stereocenters. The molecule has 0 spiro atoms. The van der Waals surface area contributed by atoms with Crippen molar-refractivity contribution in [2.45, 2.75) is 17.5 Å². The molecule has 0 aliphatic rings. The molecule has 1 aromatic carbocycles. The Bertz CT molecular complexity index is 644. The molecule has 0 aliphatic heterocycles. The smallest absolute Gasteiger partial charge is 1.00 e. The third kappa shape index (κ3) is 5.08. The van der Waals surface area contributed by atoms with E-state index in [-0.39, 0.29) is 36.7 Å². The molecule has 21 heavy (non-hydrogen) atoms. The summed E-state index contributed by atoms with van der Waals surface area (Å²) in [5.41, 5.74) is 1.37. The van der Waals surface area contributed by atoms with Crippen molar-refractivity contribution in [3.63, 3.8) is 0 Å². The maximum absolute atomic E-state index is 12.0. The minimum atomic E-state index is -4.72. The number of thiophene rings is 1. The van der Waals surface area contributed by atoms with Crippen LogP contribution in [0, 0.1) is 6.92 Å². The summed E-state index contributed by atoms with van der Waals surface area (Å²) in [6.45, 7) is 1.77. The summed E-state index contributed by atoms with van der Waals surface area (Å²) in [6, 6.07) is 6.90. The molecular formula is C12H10F3NaO3S2. The van der Waals surface area contributed by atoms with Gasteiger partial charge in [-0.2, -0.15) is 0 Å². The van der Waals surface area contributed by atoms with E-state index in [0.717, 1.165) is 4.88 Å². The Labute approximate surface area is 149 Å². The quantitative estimate of drug-likeness (QED) is 0.674. The van der Waals surface area contributed by atoms with Crippen molar-refractivity contribution in [2.24, 2.45) is 0 Å². The monoisotopic (exact) mass is 346 g/mol. The average molecular weight is 346 g/mol. The number of halogens is 3. The second-order valence-electron chi connectivity index (χ2n) is 3.86. The van der Waals surface area contributed by atoms with Gasteiger partial charge in [-0.05, 0) is 36.2 Å². The first-order chi connectivity index (χ1) is 9.26. The second kappa shape index (κ2) is 7.26. The Kier molecular flexibility index (Phi) is 6.45. The van der Waals surface area contributed by atoms with Gasteiger partial charge in [-0.15, -0.1) is 24.5 Å². The van der Waals surface area contributed by atoms with Gasteiger partial charge in [0, 0.05) is 4.88 Å². The molecule has 1 atom stereocenters. The minimum Gasteiger partial charge on any atom is -1.00 e. The first-order valence-electron chi connectivity index (χ1n) is 5.34. The third-order valence-electron chi connectivity index (χ3n) is 2.47. The Hall–Kier alpha value is -0.380. The van der Waals surface area contributed by atoms with E-state index in [1.807, 2.05) is 0 Å². The first-order valence-corrected chi connectivity index (χ1v) is 7.26. The van der Waals surface area contributed by atoms with Crippen LogP contribution in [0.25, 0.3) is 11.1 Å². The number of aryl methyl sites for hydroxylation is 1. The van der Waals surface area contributed by atoms with Crippen LogP contribution in [0.15, 0.2) is 34.5 Å². The number of benzene rings is 1. The average Bonchev–Trinajstić information content (AvgIpc) is 2.70. The van der Waals surface area contributed by atoms with Crippen LogP contribution in [0.3, 0.4) is 0 Å². The van der Waals surface area contributed by atoms with Crippen molar-refractivity contribution in [2.75, 3.05) is 0 Å². The minimum absolute atomic E-state index is 0. The fourth-order valence-corrected chi connectivity index (χ4v) is 3.31. The predicted molar refractivity (Wildman–Crippen MR) is 71.3 cm³/mol. The number of ether oxygens (including phenoxy) is 1. The first kappa shape index (κ1) is 18.7. The van der Waals surface area contributed by atoms with E-state index < -0.39 is 17.4 Å². The Morgan fingerprint density at radius 2 is 1.86 bits per heavy atom. The van der Waals surface area contributed by atoms with Gasteiger partial charge >= 0.3 is 35.9 Å². The zero-order valence-electron chi connectivity index (χ0n) is 12.1. The Balaban J connectivity index is 0.00000220. The Morgan fingerprint density at radius 3 is 2.29 bits per heavy atom. The van der Waals surface area contributed by atoms with E-state index in [1.165, 1.54) is 35.6 Å². The number of hydrogen-bond donors (Lipinski definition) is 1. The van der Waals surface area contributed by atoms with Crippen LogP contribution in [0.5, 0.6) is 5.75 Å². The van der Waals surface area contributed by atoms with Gasteiger partial charge < -0.3 is 10.7 Å². The molecule has 0 fully saturated rings. The van der Waals surface area contributed by atoms with Gasteiger partial charge in [0.15, 0.2) is 11.1 Å².